The predicted octanol–water partition coefficient (Wildman–Crippen LogP) is 2.32. The maximum atomic E-state index is 12.9. The first-order valence-corrected chi connectivity index (χ1v) is 7.26. The highest BCUT2D eigenvalue weighted by molar-refractivity contribution is 5.79. The van der Waals surface area contributed by atoms with E-state index in [0.717, 1.165) is 0 Å². The zero-order valence-electron chi connectivity index (χ0n) is 12.8. The van der Waals surface area contributed by atoms with Gasteiger partial charge in [0.2, 0.25) is 5.91 Å². The molecule has 5 nitrogen and oxygen atoms in total. The van der Waals surface area contributed by atoms with Gasteiger partial charge in [-0.2, -0.15) is 0 Å². The largest absolute Gasteiger partial charge is 0.481 e. The van der Waals surface area contributed by atoms with Crippen LogP contribution in [0.25, 0.3) is 0 Å². The molecule has 0 aromatic heterocycles. The zero-order valence-corrected chi connectivity index (χ0v) is 12.8. The van der Waals surface area contributed by atoms with E-state index in [1.54, 1.807) is 0 Å². The standard InChI is InChI=1S/C16H22FNO4/c1-11(2)22-9-3-4-15(19)18-10-14(16(20)21)12-5-7-13(17)8-6-12/h5-8,11,14H,3-4,9-10H2,1-2H3,(H,18,19)(H,20,21). The van der Waals surface area contributed by atoms with Crippen molar-refractivity contribution in [1.82, 2.24) is 5.32 Å². The molecule has 1 aromatic carbocycles. The van der Waals surface area contributed by atoms with Gasteiger partial charge in [0.1, 0.15) is 5.82 Å². The molecular formula is C16H22FNO4. The molecule has 1 amide bonds. The first-order valence-electron chi connectivity index (χ1n) is 7.26. The Morgan fingerprint density at radius 1 is 1.27 bits per heavy atom. The van der Waals surface area contributed by atoms with Gasteiger partial charge in [-0.05, 0) is 38.0 Å². The Morgan fingerprint density at radius 2 is 1.91 bits per heavy atom. The Kier molecular flexibility index (Phi) is 7.52. The monoisotopic (exact) mass is 311 g/mol. The molecule has 0 saturated carbocycles. The summed E-state index contributed by atoms with van der Waals surface area (Å²) in [6.45, 7) is 4.30. The molecule has 2 N–H and O–H groups in total. The van der Waals surface area contributed by atoms with Gasteiger partial charge in [-0.25, -0.2) is 4.39 Å². The smallest absolute Gasteiger partial charge is 0.312 e. The van der Waals surface area contributed by atoms with E-state index in [-0.39, 0.29) is 25.0 Å². The van der Waals surface area contributed by atoms with Crippen molar-refractivity contribution < 1.29 is 23.8 Å². The van der Waals surface area contributed by atoms with Crippen molar-refractivity contribution in [1.29, 1.82) is 0 Å². The lowest BCUT2D eigenvalue weighted by Crippen LogP contribution is -2.31. The first kappa shape index (κ1) is 18.1. The quantitative estimate of drug-likeness (QED) is 0.686. The minimum atomic E-state index is -1.06. The summed E-state index contributed by atoms with van der Waals surface area (Å²) in [7, 11) is 0. The van der Waals surface area contributed by atoms with E-state index < -0.39 is 17.7 Å². The van der Waals surface area contributed by atoms with Crippen LogP contribution in [0.15, 0.2) is 24.3 Å². The summed E-state index contributed by atoms with van der Waals surface area (Å²) in [6, 6.07) is 5.24. The number of ether oxygens (including phenoxy) is 1. The molecule has 122 valence electrons. The van der Waals surface area contributed by atoms with Crippen LogP contribution in [0.3, 0.4) is 0 Å². The molecule has 0 fully saturated rings. The van der Waals surface area contributed by atoms with Crippen molar-refractivity contribution in [3.63, 3.8) is 0 Å². The number of amides is 1. The molecule has 0 saturated heterocycles. The second kappa shape index (κ2) is 9.15. The van der Waals surface area contributed by atoms with Gasteiger partial charge in [-0.3, -0.25) is 9.59 Å². The van der Waals surface area contributed by atoms with Crippen LogP contribution in [0.1, 0.15) is 38.2 Å². The van der Waals surface area contributed by atoms with Crippen LogP contribution in [-0.2, 0) is 14.3 Å². The number of nitrogens with one attached hydrogen (secondary N) is 1. The second-order valence-electron chi connectivity index (χ2n) is 5.27. The number of benzene rings is 1. The number of rotatable bonds is 9. The zero-order chi connectivity index (χ0) is 16.5. The minimum Gasteiger partial charge on any atom is -0.481 e. The summed E-state index contributed by atoms with van der Waals surface area (Å²) in [4.78, 5) is 22.9. The fourth-order valence-corrected chi connectivity index (χ4v) is 1.90. The lowest BCUT2D eigenvalue weighted by molar-refractivity contribution is -0.138. The highest BCUT2D eigenvalue weighted by Gasteiger charge is 2.20. The molecule has 0 heterocycles. The summed E-state index contributed by atoms with van der Waals surface area (Å²) >= 11 is 0. The van der Waals surface area contributed by atoms with E-state index in [9.17, 15) is 19.1 Å². The molecule has 1 atom stereocenters. The molecule has 1 aromatic rings. The third kappa shape index (κ3) is 6.67. The summed E-state index contributed by atoms with van der Waals surface area (Å²) in [5, 5.41) is 11.8. The normalized spacial score (nSPS) is 12.2. The lowest BCUT2D eigenvalue weighted by atomic mass is 9.99. The summed E-state index contributed by atoms with van der Waals surface area (Å²) in [5.74, 6) is -2.60. The maximum absolute atomic E-state index is 12.9. The van der Waals surface area contributed by atoms with Crippen LogP contribution in [0.5, 0.6) is 0 Å². The lowest BCUT2D eigenvalue weighted by Gasteiger charge is -2.14. The van der Waals surface area contributed by atoms with Crippen molar-refractivity contribution >= 4 is 11.9 Å². The average molecular weight is 311 g/mol. The summed E-state index contributed by atoms with van der Waals surface area (Å²) in [6.07, 6.45) is 0.985. The highest BCUT2D eigenvalue weighted by Crippen LogP contribution is 2.16. The molecule has 1 rings (SSSR count). The number of halogens is 1. The number of carboxylic acids is 1. The van der Waals surface area contributed by atoms with Crippen LogP contribution in [0.4, 0.5) is 4.39 Å². The van der Waals surface area contributed by atoms with E-state index in [2.05, 4.69) is 5.32 Å². The topological polar surface area (TPSA) is 75.6 Å². The fourth-order valence-electron chi connectivity index (χ4n) is 1.90. The van der Waals surface area contributed by atoms with Gasteiger partial charge in [0.15, 0.2) is 0 Å². The molecule has 22 heavy (non-hydrogen) atoms. The Bertz CT molecular complexity index is 487. The Labute approximate surface area is 129 Å². The third-order valence-electron chi connectivity index (χ3n) is 3.07. The van der Waals surface area contributed by atoms with Crippen LogP contribution in [0, 0.1) is 5.82 Å². The van der Waals surface area contributed by atoms with Gasteiger partial charge in [0.05, 0.1) is 12.0 Å². The minimum absolute atomic E-state index is 0.0230. The number of aliphatic carboxylic acids is 1. The summed E-state index contributed by atoms with van der Waals surface area (Å²) in [5.41, 5.74) is 0.456. The Balaban J connectivity index is 2.43. The van der Waals surface area contributed by atoms with Gasteiger partial charge in [-0.15, -0.1) is 0 Å². The van der Waals surface area contributed by atoms with E-state index in [0.29, 0.717) is 18.6 Å². The molecule has 0 radical (unpaired) electrons. The van der Waals surface area contributed by atoms with E-state index in [4.69, 9.17) is 4.74 Å². The number of carboxylic acid groups (broad SMARTS) is 1. The molecule has 6 heteroatoms. The van der Waals surface area contributed by atoms with Crippen molar-refractivity contribution in [2.45, 2.75) is 38.7 Å². The average Bonchev–Trinajstić information content (AvgIpc) is 2.45. The maximum Gasteiger partial charge on any atom is 0.312 e. The highest BCUT2D eigenvalue weighted by atomic mass is 19.1. The third-order valence-corrected chi connectivity index (χ3v) is 3.07. The van der Waals surface area contributed by atoms with Crippen LogP contribution >= 0.6 is 0 Å². The van der Waals surface area contributed by atoms with Crippen LogP contribution in [0.2, 0.25) is 0 Å². The summed E-state index contributed by atoms with van der Waals surface area (Å²) < 4.78 is 18.2. The Hall–Kier alpha value is -1.95. The molecule has 0 aliphatic heterocycles. The molecular weight excluding hydrogens is 289 g/mol. The van der Waals surface area contributed by atoms with Crippen molar-refractivity contribution in [2.24, 2.45) is 0 Å². The molecule has 0 spiro atoms. The number of hydrogen-bond acceptors (Lipinski definition) is 3. The van der Waals surface area contributed by atoms with Gasteiger partial charge in [0, 0.05) is 19.6 Å². The predicted molar refractivity (Wildman–Crippen MR) is 80.1 cm³/mol. The molecule has 0 aliphatic carbocycles. The van der Waals surface area contributed by atoms with E-state index in [1.165, 1.54) is 24.3 Å². The van der Waals surface area contributed by atoms with E-state index >= 15 is 0 Å². The van der Waals surface area contributed by atoms with E-state index in [1.807, 2.05) is 13.8 Å². The van der Waals surface area contributed by atoms with Crippen molar-refractivity contribution in [2.75, 3.05) is 13.2 Å². The number of carbonyl (C=O) groups excluding carboxylic acids is 1. The van der Waals surface area contributed by atoms with Gasteiger partial charge < -0.3 is 15.2 Å². The van der Waals surface area contributed by atoms with Gasteiger partial charge in [0.25, 0.3) is 0 Å². The fraction of sp³-hybridized carbons (Fsp3) is 0.500. The molecule has 0 bridgehead atoms. The van der Waals surface area contributed by atoms with Gasteiger partial charge in [-0.1, -0.05) is 12.1 Å². The van der Waals surface area contributed by atoms with Gasteiger partial charge >= 0.3 is 5.97 Å². The number of hydrogen-bond donors (Lipinski definition) is 2. The van der Waals surface area contributed by atoms with Crippen LogP contribution in [-0.4, -0.2) is 36.2 Å². The Morgan fingerprint density at radius 3 is 2.45 bits per heavy atom. The molecule has 1 unspecified atom stereocenters. The van der Waals surface area contributed by atoms with Crippen molar-refractivity contribution in [3.05, 3.63) is 35.6 Å². The molecule has 0 aliphatic rings. The second-order valence-corrected chi connectivity index (χ2v) is 5.27. The first-order chi connectivity index (χ1) is 10.4. The SMILES string of the molecule is CC(C)OCCCC(=O)NCC(C(=O)O)c1ccc(F)cc1. The number of carbonyl (C=O) groups is 2. The van der Waals surface area contributed by atoms with Crippen molar-refractivity contribution in [3.8, 4) is 0 Å². The van der Waals surface area contributed by atoms with Crippen LogP contribution < -0.4 is 5.32 Å².